The van der Waals surface area contributed by atoms with Gasteiger partial charge in [0.2, 0.25) is 5.75 Å². The predicted octanol–water partition coefficient (Wildman–Crippen LogP) is 3.83. The zero-order chi connectivity index (χ0) is 29.0. The molecule has 0 spiro atoms. The molecule has 40 heavy (non-hydrogen) atoms. The summed E-state index contributed by atoms with van der Waals surface area (Å²) >= 11 is 0. The number of fused-ring (bicyclic) bond motifs is 1. The van der Waals surface area contributed by atoms with Gasteiger partial charge in [-0.15, -0.1) is 0 Å². The summed E-state index contributed by atoms with van der Waals surface area (Å²) in [6, 6.07) is 14.3. The average molecular weight is 551 g/mol. The van der Waals surface area contributed by atoms with E-state index in [0.717, 1.165) is 6.07 Å². The first-order chi connectivity index (χ1) is 19.2. The number of phenolic OH excluding ortho intramolecular Hbond substituents is 3. The SMILES string of the molecule is COC(=O)COc1cc([C@@H](CC(=O)OC)c2c(O)c(O)c(O)c3c(=O)cc(-c4ccccc4)oc23)ccc1OC. The van der Waals surface area contributed by atoms with Crippen LogP contribution in [0.3, 0.4) is 0 Å². The molecule has 0 saturated carbocycles. The van der Waals surface area contributed by atoms with Gasteiger partial charge >= 0.3 is 11.9 Å². The quantitative estimate of drug-likeness (QED) is 0.205. The summed E-state index contributed by atoms with van der Waals surface area (Å²) in [5, 5.41) is 31.9. The molecule has 1 atom stereocenters. The van der Waals surface area contributed by atoms with Gasteiger partial charge in [-0.2, -0.15) is 0 Å². The number of methoxy groups -OCH3 is 3. The van der Waals surface area contributed by atoms with Crippen molar-refractivity contribution in [3.05, 3.63) is 75.9 Å². The Morgan fingerprint density at radius 2 is 1.55 bits per heavy atom. The van der Waals surface area contributed by atoms with Gasteiger partial charge in [-0.25, -0.2) is 4.79 Å². The third kappa shape index (κ3) is 5.35. The topological polar surface area (TPSA) is 162 Å². The Balaban J connectivity index is 2.01. The molecular formula is C29H26O11. The molecule has 3 N–H and O–H groups in total. The zero-order valence-corrected chi connectivity index (χ0v) is 21.8. The van der Waals surface area contributed by atoms with Gasteiger partial charge in [0.15, 0.2) is 35.0 Å². The molecule has 3 aromatic carbocycles. The van der Waals surface area contributed by atoms with E-state index < -0.39 is 52.5 Å². The van der Waals surface area contributed by atoms with E-state index in [1.54, 1.807) is 36.4 Å². The van der Waals surface area contributed by atoms with Crippen molar-refractivity contribution in [2.75, 3.05) is 27.9 Å². The van der Waals surface area contributed by atoms with Crippen molar-refractivity contribution in [3.8, 4) is 40.1 Å². The van der Waals surface area contributed by atoms with Gasteiger partial charge in [-0.05, 0) is 17.7 Å². The highest BCUT2D eigenvalue weighted by molar-refractivity contribution is 5.93. The smallest absolute Gasteiger partial charge is 0.343 e. The van der Waals surface area contributed by atoms with Crippen LogP contribution in [-0.2, 0) is 19.1 Å². The predicted molar refractivity (Wildman–Crippen MR) is 142 cm³/mol. The van der Waals surface area contributed by atoms with E-state index in [9.17, 15) is 29.7 Å². The Hall–Kier alpha value is -5.19. The van der Waals surface area contributed by atoms with Crippen molar-refractivity contribution in [2.24, 2.45) is 0 Å². The van der Waals surface area contributed by atoms with Crippen molar-refractivity contribution >= 4 is 22.9 Å². The minimum Gasteiger partial charge on any atom is -0.504 e. The van der Waals surface area contributed by atoms with Crippen molar-refractivity contribution in [1.82, 2.24) is 0 Å². The van der Waals surface area contributed by atoms with E-state index in [2.05, 4.69) is 4.74 Å². The summed E-state index contributed by atoms with van der Waals surface area (Å²) in [6.45, 7) is -0.443. The molecule has 0 bridgehead atoms. The summed E-state index contributed by atoms with van der Waals surface area (Å²) in [4.78, 5) is 37.4. The molecule has 208 valence electrons. The first-order valence-corrected chi connectivity index (χ1v) is 11.9. The maximum absolute atomic E-state index is 13.2. The van der Waals surface area contributed by atoms with E-state index in [1.807, 2.05) is 0 Å². The molecule has 0 saturated heterocycles. The Morgan fingerprint density at radius 3 is 2.20 bits per heavy atom. The zero-order valence-electron chi connectivity index (χ0n) is 21.8. The van der Waals surface area contributed by atoms with Crippen LogP contribution in [0.1, 0.15) is 23.5 Å². The summed E-state index contributed by atoms with van der Waals surface area (Å²) in [7, 11) is 3.77. The van der Waals surface area contributed by atoms with Crippen LogP contribution >= 0.6 is 0 Å². The second kappa shape index (κ2) is 11.7. The van der Waals surface area contributed by atoms with Gasteiger partial charge < -0.3 is 38.7 Å². The third-order valence-electron chi connectivity index (χ3n) is 6.30. The number of carbonyl (C=O) groups excluding carboxylic acids is 2. The van der Waals surface area contributed by atoms with Crippen LogP contribution in [-0.4, -0.2) is 55.2 Å². The molecule has 11 heteroatoms. The lowest BCUT2D eigenvalue weighted by Gasteiger charge is -2.22. The Labute approximate surface area is 227 Å². The number of aromatic hydroxyl groups is 3. The van der Waals surface area contributed by atoms with E-state index >= 15 is 0 Å². The van der Waals surface area contributed by atoms with Crippen LogP contribution in [0.5, 0.6) is 28.7 Å². The number of rotatable bonds is 9. The van der Waals surface area contributed by atoms with Crippen molar-refractivity contribution in [2.45, 2.75) is 12.3 Å². The van der Waals surface area contributed by atoms with E-state index in [4.69, 9.17) is 18.6 Å². The van der Waals surface area contributed by atoms with Crippen molar-refractivity contribution in [1.29, 1.82) is 0 Å². The average Bonchev–Trinajstić information content (AvgIpc) is 2.97. The highest BCUT2D eigenvalue weighted by Gasteiger charge is 2.32. The number of esters is 2. The van der Waals surface area contributed by atoms with Crippen molar-refractivity contribution < 1.29 is 48.3 Å². The lowest BCUT2D eigenvalue weighted by atomic mass is 9.86. The molecule has 0 aliphatic heterocycles. The molecule has 0 aliphatic rings. The Morgan fingerprint density at radius 1 is 0.850 bits per heavy atom. The van der Waals surface area contributed by atoms with Gasteiger partial charge in [-0.3, -0.25) is 9.59 Å². The third-order valence-corrected chi connectivity index (χ3v) is 6.30. The maximum Gasteiger partial charge on any atom is 0.343 e. The molecule has 4 aromatic rings. The first kappa shape index (κ1) is 27.8. The van der Waals surface area contributed by atoms with Crippen LogP contribution in [0.2, 0.25) is 0 Å². The monoisotopic (exact) mass is 550 g/mol. The second-order valence-corrected chi connectivity index (χ2v) is 8.61. The molecule has 0 amide bonds. The van der Waals surface area contributed by atoms with Crippen LogP contribution < -0.4 is 14.9 Å². The highest BCUT2D eigenvalue weighted by Crippen LogP contribution is 2.50. The number of hydrogen-bond donors (Lipinski definition) is 3. The number of phenols is 3. The number of ether oxygens (including phenoxy) is 4. The van der Waals surface area contributed by atoms with Crippen molar-refractivity contribution in [3.63, 3.8) is 0 Å². The summed E-state index contributed by atoms with van der Waals surface area (Å²) in [6.07, 6.45) is -0.384. The largest absolute Gasteiger partial charge is 0.504 e. The summed E-state index contributed by atoms with van der Waals surface area (Å²) < 4.78 is 26.4. The Bertz CT molecular complexity index is 1620. The lowest BCUT2D eigenvalue weighted by molar-refractivity contribution is -0.143. The van der Waals surface area contributed by atoms with Gasteiger partial charge in [0.1, 0.15) is 16.7 Å². The lowest BCUT2D eigenvalue weighted by Crippen LogP contribution is -2.14. The van der Waals surface area contributed by atoms with Gasteiger partial charge in [0.25, 0.3) is 0 Å². The molecule has 1 aromatic heterocycles. The molecule has 11 nitrogen and oxygen atoms in total. The van der Waals surface area contributed by atoms with Gasteiger partial charge in [-0.1, -0.05) is 36.4 Å². The summed E-state index contributed by atoms with van der Waals surface area (Å²) in [5.74, 6) is -4.60. The van der Waals surface area contributed by atoms with E-state index in [1.165, 1.54) is 33.5 Å². The van der Waals surface area contributed by atoms with Crippen LogP contribution in [0.4, 0.5) is 0 Å². The van der Waals surface area contributed by atoms with Gasteiger partial charge in [0.05, 0.1) is 27.8 Å². The second-order valence-electron chi connectivity index (χ2n) is 8.61. The molecule has 0 fully saturated rings. The van der Waals surface area contributed by atoms with Crippen LogP contribution in [0.25, 0.3) is 22.3 Å². The molecule has 1 heterocycles. The van der Waals surface area contributed by atoms with Crippen LogP contribution in [0.15, 0.2) is 63.8 Å². The molecule has 0 aliphatic carbocycles. The fourth-order valence-electron chi connectivity index (χ4n) is 4.30. The molecule has 4 rings (SSSR count). The fraction of sp³-hybridized carbons (Fsp3) is 0.207. The summed E-state index contributed by atoms with van der Waals surface area (Å²) in [5.41, 5.74) is -0.231. The first-order valence-electron chi connectivity index (χ1n) is 11.9. The number of carbonyl (C=O) groups is 2. The molecule has 0 unspecified atom stereocenters. The Kier molecular flexibility index (Phi) is 8.13. The van der Waals surface area contributed by atoms with Crippen LogP contribution in [0, 0.1) is 0 Å². The minimum absolute atomic E-state index is 0.110. The minimum atomic E-state index is -1.10. The molecular weight excluding hydrogens is 524 g/mol. The maximum atomic E-state index is 13.2. The number of benzene rings is 3. The number of hydrogen-bond acceptors (Lipinski definition) is 11. The molecule has 0 radical (unpaired) electrons. The standard InChI is InChI=1S/C29H26O11/c1-36-19-10-9-16(11-21(19)39-14-23(32)38-3)17(12-22(31)37-2)24-26(33)28(35)27(34)25-18(30)13-20(40-29(24)25)15-7-5-4-6-8-15/h4-11,13,17,33-35H,12,14H2,1-3H3/t17-/m1/s1. The van der Waals surface area contributed by atoms with Gasteiger partial charge in [0, 0.05) is 23.1 Å². The van der Waals surface area contributed by atoms with E-state index in [0.29, 0.717) is 11.1 Å². The fourth-order valence-corrected chi connectivity index (χ4v) is 4.30. The van der Waals surface area contributed by atoms with E-state index in [-0.39, 0.29) is 34.8 Å². The normalized spacial score (nSPS) is 11.6. The highest BCUT2D eigenvalue weighted by atomic mass is 16.6.